The molecule has 4 nitrogen and oxygen atoms in total. The van der Waals surface area contributed by atoms with E-state index in [1.54, 1.807) is 25.3 Å². The molecular formula is C16H15ClN2O2. The SMILES string of the molecule is COc1ccc(/C=N/NC(=O)Cc2ccccc2)cc1Cl. The van der Waals surface area contributed by atoms with Gasteiger partial charge >= 0.3 is 0 Å². The Morgan fingerprint density at radius 3 is 2.71 bits per heavy atom. The maximum Gasteiger partial charge on any atom is 0.244 e. The molecule has 0 heterocycles. The monoisotopic (exact) mass is 302 g/mol. The number of halogens is 1. The molecule has 0 fully saturated rings. The minimum Gasteiger partial charge on any atom is -0.495 e. The molecule has 0 saturated heterocycles. The number of ether oxygens (including phenoxy) is 1. The Morgan fingerprint density at radius 1 is 1.29 bits per heavy atom. The van der Waals surface area contributed by atoms with E-state index in [2.05, 4.69) is 10.5 Å². The standard InChI is InChI=1S/C16H15ClN2O2/c1-21-15-8-7-13(9-14(15)17)11-18-19-16(20)10-12-5-3-2-4-6-12/h2-9,11H,10H2,1H3,(H,19,20)/b18-11+. The van der Waals surface area contributed by atoms with E-state index in [0.717, 1.165) is 11.1 Å². The average Bonchev–Trinajstić information content (AvgIpc) is 2.48. The van der Waals surface area contributed by atoms with Crippen molar-refractivity contribution in [2.75, 3.05) is 7.11 Å². The summed E-state index contributed by atoms with van der Waals surface area (Å²) in [6, 6.07) is 14.8. The number of methoxy groups -OCH3 is 1. The molecule has 21 heavy (non-hydrogen) atoms. The van der Waals surface area contributed by atoms with Crippen molar-refractivity contribution >= 4 is 23.7 Å². The van der Waals surface area contributed by atoms with Gasteiger partial charge in [-0.25, -0.2) is 5.43 Å². The number of hydrogen-bond donors (Lipinski definition) is 1. The van der Waals surface area contributed by atoms with Crippen LogP contribution >= 0.6 is 11.6 Å². The first kappa shape index (κ1) is 15.1. The second kappa shape index (κ2) is 7.45. The van der Waals surface area contributed by atoms with Gasteiger partial charge in [-0.2, -0.15) is 5.10 Å². The molecule has 0 atom stereocenters. The first-order valence-corrected chi connectivity index (χ1v) is 6.76. The van der Waals surface area contributed by atoms with Crippen molar-refractivity contribution in [2.24, 2.45) is 5.10 Å². The third-order valence-electron chi connectivity index (χ3n) is 2.79. The van der Waals surface area contributed by atoms with E-state index in [1.807, 2.05) is 30.3 Å². The van der Waals surface area contributed by atoms with Crippen LogP contribution in [0, 0.1) is 0 Å². The molecular weight excluding hydrogens is 288 g/mol. The summed E-state index contributed by atoms with van der Waals surface area (Å²) in [5.74, 6) is 0.430. The second-order valence-corrected chi connectivity index (χ2v) is 4.76. The predicted octanol–water partition coefficient (Wildman–Crippen LogP) is 3.04. The van der Waals surface area contributed by atoms with Gasteiger partial charge in [-0.3, -0.25) is 4.79 Å². The number of nitrogens with one attached hydrogen (secondary N) is 1. The van der Waals surface area contributed by atoms with E-state index in [9.17, 15) is 4.79 Å². The van der Waals surface area contributed by atoms with E-state index < -0.39 is 0 Å². The van der Waals surface area contributed by atoms with E-state index in [-0.39, 0.29) is 5.91 Å². The summed E-state index contributed by atoms with van der Waals surface area (Å²) >= 11 is 6.00. The molecule has 0 saturated carbocycles. The number of benzene rings is 2. The van der Waals surface area contributed by atoms with Crippen molar-refractivity contribution in [3.8, 4) is 5.75 Å². The van der Waals surface area contributed by atoms with Crippen LogP contribution in [0.4, 0.5) is 0 Å². The Balaban J connectivity index is 1.90. The topological polar surface area (TPSA) is 50.7 Å². The average molecular weight is 303 g/mol. The molecule has 0 spiro atoms. The quantitative estimate of drug-likeness (QED) is 0.682. The van der Waals surface area contributed by atoms with Crippen LogP contribution in [-0.2, 0) is 11.2 Å². The zero-order valence-electron chi connectivity index (χ0n) is 11.5. The maximum absolute atomic E-state index is 11.7. The molecule has 2 rings (SSSR count). The van der Waals surface area contributed by atoms with E-state index in [4.69, 9.17) is 16.3 Å². The van der Waals surface area contributed by atoms with Gasteiger partial charge in [0.15, 0.2) is 0 Å². The van der Waals surface area contributed by atoms with Crippen molar-refractivity contribution < 1.29 is 9.53 Å². The van der Waals surface area contributed by atoms with Gasteiger partial charge < -0.3 is 4.74 Å². The lowest BCUT2D eigenvalue weighted by molar-refractivity contribution is -0.120. The summed E-state index contributed by atoms with van der Waals surface area (Å²) in [6.07, 6.45) is 1.83. The summed E-state index contributed by atoms with van der Waals surface area (Å²) in [7, 11) is 1.55. The highest BCUT2D eigenvalue weighted by Crippen LogP contribution is 2.24. The molecule has 5 heteroatoms. The highest BCUT2D eigenvalue weighted by Gasteiger charge is 2.02. The predicted molar refractivity (Wildman–Crippen MR) is 83.9 cm³/mol. The molecule has 0 aliphatic rings. The zero-order chi connectivity index (χ0) is 15.1. The van der Waals surface area contributed by atoms with Gasteiger partial charge in [0.05, 0.1) is 24.8 Å². The zero-order valence-corrected chi connectivity index (χ0v) is 12.3. The Bertz CT molecular complexity index is 642. The molecule has 1 amide bonds. The number of nitrogens with zero attached hydrogens (tertiary/aromatic N) is 1. The molecule has 108 valence electrons. The van der Waals surface area contributed by atoms with Gasteiger partial charge in [-0.15, -0.1) is 0 Å². The van der Waals surface area contributed by atoms with Crippen LogP contribution in [0.3, 0.4) is 0 Å². The molecule has 0 radical (unpaired) electrons. The Labute approximate surface area is 128 Å². The van der Waals surface area contributed by atoms with Crippen molar-refractivity contribution in [2.45, 2.75) is 6.42 Å². The van der Waals surface area contributed by atoms with Crippen LogP contribution in [-0.4, -0.2) is 19.2 Å². The molecule has 1 N–H and O–H groups in total. The van der Waals surface area contributed by atoms with E-state index in [0.29, 0.717) is 17.2 Å². The largest absolute Gasteiger partial charge is 0.495 e. The fraction of sp³-hybridized carbons (Fsp3) is 0.125. The maximum atomic E-state index is 11.7. The van der Waals surface area contributed by atoms with Crippen LogP contribution in [0.15, 0.2) is 53.6 Å². The van der Waals surface area contributed by atoms with Crippen molar-refractivity contribution in [3.05, 3.63) is 64.7 Å². The van der Waals surface area contributed by atoms with Gasteiger partial charge in [0.25, 0.3) is 0 Å². The molecule has 0 unspecified atom stereocenters. The highest BCUT2D eigenvalue weighted by molar-refractivity contribution is 6.32. The molecule has 0 bridgehead atoms. The number of amides is 1. The third kappa shape index (κ3) is 4.61. The first-order valence-electron chi connectivity index (χ1n) is 6.38. The van der Waals surface area contributed by atoms with E-state index >= 15 is 0 Å². The Hall–Kier alpha value is -2.33. The summed E-state index contributed by atoms with van der Waals surface area (Å²) in [6.45, 7) is 0. The van der Waals surface area contributed by atoms with Crippen molar-refractivity contribution in [1.29, 1.82) is 0 Å². The fourth-order valence-electron chi connectivity index (χ4n) is 1.76. The van der Waals surface area contributed by atoms with Crippen LogP contribution in [0.2, 0.25) is 5.02 Å². The molecule has 2 aromatic carbocycles. The normalized spacial score (nSPS) is 10.6. The lowest BCUT2D eigenvalue weighted by atomic mass is 10.1. The minimum atomic E-state index is -0.169. The highest BCUT2D eigenvalue weighted by atomic mass is 35.5. The first-order chi connectivity index (χ1) is 10.2. The van der Waals surface area contributed by atoms with Gasteiger partial charge in [0.1, 0.15) is 5.75 Å². The minimum absolute atomic E-state index is 0.169. The number of rotatable bonds is 5. The fourth-order valence-corrected chi connectivity index (χ4v) is 2.03. The number of hydrogen-bond acceptors (Lipinski definition) is 3. The lowest BCUT2D eigenvalue weighted by Crippen LogP contribution is -2.19. The van der Waals surface area contributed by atoms with Crippen LogP contribution in [0.25, 0.3) is 0 Å². The Morgan fingerprint density at radius 2 is 2.05 bits per heavy atom. The van der Waals surface area contributed by atoms with Gasteiger partial charge in [-0.05, 0) is 29.3 Å². The summed E-state index contributed by atoms with van der Waals surface area (Å²) in [5.41, 5.74) is 4.20. The smallest absolute Gasteiger partial charge is 0.244 e. The van der Waals surface area contributed by atoms with Gasteiger partial charge in [0.2, 0.25) is 5.91 Å². The summed E-state index contributed by atoms with van der Waals surface area (Å²) < 4.78 is 5.06. The van der Waals surface area contributed by atoms with Gasteiger partial charge in [0, 0.05) is 0 Å². The molecule has 2 aromatic rings. The Kier molecular flexibility index (Phi) is 5.35. The molecule has 0 aliphatic heterocycles. The number of carbonyl (C=O) groups is 1. The van der Waals surface area contributed by atoms with Crippen molar-refractivity contribution in [3.63, 3.8) is 0 Å². The van der Waals surface area contributed by atoms with Gasteiger partial charge in [-0.1, -0.05) is 41.9 Å². The lowest BCUT2D eigenvalue weighted by Gasteiger charge is -2.03. The molecule has 0 aliphatic carbocycles. The van der Waals surface area contributed by atoms with Crippen LogP contribution < -0.4 is 10.2 Å². The van der Waals surface area contributed by atoms with Crippen LogP contribution in [0.5, 0.6) is 5.75 Å². The second-order valence-electron chi connectivity index (χ2n) is 4.35. The summed E-state index contributed by atoms with van der Waals surface area (Å²) in [5, 5.41) is 4.41. The van der Waals surface area contributed by atoms with Crippen molar-refractivity contribution in [1.82, 2.24) is 5.43 Å². The number of carbonyl (C=O) groups excluding carboxylic acids is 1. The third-order valence-corrected chi connectivity index (χ3v) is 3.08. The number of hydrazone groups is 1. The van der Waals surface area contributed by atoms with E-state index in [1.165, 1.54) is 6.21 Å². The molecule has 0 aromatic heterocycles. The summed E-state index contributed by atoms with van der Waals surface area (Å²) in [4.78, 5) is 11.7. The van der Waals surface area contributed by atoms with Crippen LogP contribution in [0.1, 0.15) is 11.1 Å².